The van der Waals surface area contributed by atoms with Crippen LogP contribution in [-0.4, -0.2) is 42.9 Å². The molecule has 0 atom stereocenters. The molecule has 1 amide bonds. The minimum Gasteiger partial charge on any atom is -0.318 e. The van der Waals surface area contributed by atoms with Crippen molar-refractivity contribution in [1.82, 2.24) is 9.80 Å². The van der Waals surface area contributed by atoms with Crippen molar-refractivity contribution in [3.8, 4) is 0 Å². The highest BCUT2D eigenvalue weighted by atomic mass is 16.2. The van der Waals surface area contributed by atoms with Crippen molar-refractivity contribution in [3.05, 3.63) is 11.3 Å². The lowest BCUT2D eigenvalue weighted by Crippen LogP contribution is -2.36. The summed E-state index contributed by atoms with van der Waals surface area (Å²) in [6.07, 6.45) is 0. The fourth-order valence-corrected chi connectivity index (χ4v) is 2.61. The van der Waals surface area contributed by atoms with Gasteiger partial charge in [-0.1, -0.05) is 41.5 Å². The molecular formula is C15H28N2O. The Labute approximate surface area is 112 Å². The van der Waals surface area contributed by atoms with Gasteiger partial charge < -0.3 is 4.90 Å². The smallest absolute Gasteiger partial charge is 0.240 e. The molecule has 0 unspecified atom stereocenters. The minimum atomic E-state index is -0.0157. The number of hydrogen-bond donors (Lipinski definition) is 0. The van der Waals surface area contributed by atoms with Gasteiger partial charge in [0.05, 0.1) is 6.54 Å². The van der Waals surface area contributed by atoms with Crippen LogP contribution in [0.25, 0.3) is 0 Å². The molecule has 0 aromatic rings. The first-order chi connectivity index (χ1) is 7.94. The molecule has 1 aliphatic rings. The maximum atomic E-state index is 12.2. The number of nitrogens with zero attached hydrogens (tertiary/aromatic N) is 2. The van der Waals surface area contributed by atoms with Crippen molar-refractivity contribution in [2.75, 3.05) is 27.2 Å². The molecule has 18 heavy (non-hydrogen) atoms. The predicted molar refractivity (Wildman–Crippen MR) is 76.2 cm³/mol. The highest BCUT2D eigenvalue weighted by Gasteiger charge is 2.35. The van der Waals surface area contributed by atoms with Crippen LogP contribution < -0.4 is 0 Å². The Balaban J connectivity index is 3.46. The monoisotopic (exact) mass is 252 g/mol. The van der Waals surface area contributed by atoms with Gasteiger partial charge in [0, 0.05) is 24.7 Å². The highest BCUT2D eigenvalue weighted by Crippen LogP contribution is 2.39. The summed E-state index contributed by atoms with van der Waals surface area (Å²) in [7, 11) is 3.93. The molecule has 0 aliphatic carbocycles. The molecule has 1 aliphatic heterocycles. The predicted octanol–water partition coefficient (Wildman–Crippen LogP) is 2.74. The zero-order valence-corrected chi connectivity index (χ0v) is 13.2. The Morgan fingerprint density at radius 3 is 1.78 bits per heavy atom. The van der Waals surface area contributed by atoms with Crippen LogP contribution in [0.2, 0.25) is 0 Å². The average molecular weight is 252 g/mol. The van der Waals surface area contributed by atoms with E-state index in [2.05, 4.69) is 46.4 Å². The van der Waals surface area contributed by atoms with Crippen molar-refractivity contribution < 1.29 is 4.79 Å². The molecule has 3 heteroatoms. The SMILES string of the molecule is CN1CC(=O)N(C)C(C(C)(C)C)=C(C(C)(C)C)C1. The Morgan fingerprint density at radius 1 is 0.889 bits per heavy atom. The second-order valence-corrected chi connectivity index (χ2v) is 7.45. The zero-order valence-electron chi connectivity index (χ0n) is 13.2. The highest BCUT2D eigenvalue weighted by molar-refractivity contribution is 5.80. The summed E-state index contributed by atoms with van der Waals surface area (Å²) in [6.45, 7) is 14.6. The molecule has 0 aromatic carbocycles. The van der Waals surface area contributed by atoms with E-state index >= 15 is 0 Å². The first-order valence-corrected chi connectivity index (χ1v) is 6.64. The number of allylic oxidation sites excluding steroid dienone is 1. The van der Waals surface area contributed by atoms with E-state index in [9.17, 15) is 4.79 Å². The summed E-state index contributed by atoms with van der Waals surface area (Å²) in [5, 5.41) is 0. The van der Waals surface area contributed by atoms with Crippen molar-refractivity contribution in [3.63, 3.8) is 0 Å². The second-order valence-electron chi connectivity index (χ2n) is 7.45. The molecule has 0 saturated carbocycles. The first-order valence-electron chi connectivity index (χ1n) is 6.64. The van der Waals surface area contributed by atoms with Gasteiger partial charge in [-0.15, -0.1) is 0 Å². The van der Waals surface area contributed by atoms with Gasteiger partial charge in [-0.3, -0.25) is 9.69 Å². The quantitative estimate of drug-likeness (QED) is 0.662. The third-order valence-corrected chi connectivity index (χ3v) is 3.44. The fourth-order valence-electron chi connectivity index (χ4n) is 2.61. The fraction of sp³-hybridized carbons (Fsp3) is 0.800. The summed E-state index contributed by atoms with van der Waals surface area (Å²) < 4.78 is 0. The Bertz CT molecular complexity index is 369. The molecule has 0 radical (unpaired) electrons. The Morgan fingerprint density at radius 2 is 1.39 bits per heavy atom. The largest absolute Gasteiger partial charge is 0.318 e. The van der Waals surface area contributed by atoms with Crippen molar-refractivity contribution in [2.45, 2.75) is 41.5 Å². The van der Waals surface area contributed by atoms with Crippen LogP contribution in [0, 0.1) is 10.8 Å². The van der Waals surface area contributed by atoms with Crippen LogP contribution in [0.3, 0.4) is 0 Å². The number of carbonyl (C=O) groups is 1. The molecule has 1 rings (SSSR count). The van der Waals surface area contributed by atoms with Gasteiger partial charge in [-0.2, -0.15) is 0 Å². The van der Waals surface area contributed by atoms with Gasteiger partial charge in [-0.05, 0) is 18.0 Å². The lowest BCUT2D eigenvalue weighted by atomic mass is 9.78. The van der Waals surface area contributed by atoms with E-state index in [1.54, 1.807) is 0 Å². The van der Waals surface area contributed by atoms with Crippen LogP contribution in [0.15, 0.2) is 11.3 Å². The van der Waals surface area contributed by atoms with Crippen LogP contribution in [0.1, 0.15) is 41.5 Å². The lowest BCUT2D eigenvalue weighted by Gasteiger charge is -2.36. The van der Waals surface area contributed by atoms with Gasteiger partial charge >= 0.3 is 0 Å². The van der Waals surface area contributed by atoms with E-state index in [1.807, 2.05) is 19.0 Å². The van der Waals surface area contributed by atoms with Gasteiger partial charge in [0.15, 0.2) is 0 Å². The molecule has 1 heterocycles. The zero-order chi connectivity index (χ0) is 14.3. The summed E-state index contributed by atoms with van der Waals surface area (Å²) in [4.78, 5) is 16.2. The van der Waals surface area contributed by atoms with E-state index in [-0.39, 0.29) is 16.7 Å². The topological polar surface area (TPSA) is 23.6 Å². The third kappa shape index (κ3) is 3.14. The van der Waals surface area contributed by atoms with Gasteiger partial charge in [0.25, 0.3) is 0 Å². The van der Waals surface area contributed by atoms with Crippen LogP contribution in [-0.2, 0) is 4.79 Å². The van der Waals surface area contributed by atoms with Crippen LogP contribution >= 0.6 is 0 Å². The maximum absolute atomic E-state index is 12.2. The molecule has 0 bridgehead atoms. The molecule has 0 N–H and O–H groups in total. The number of carbonyl (C=O) groups excluding carboxylic acids is 1. The summed E-state index contributed by atoms with van der Waals surface area (Å²) in [5.74, 6) is 0.182. The van der Waals surface area contributed by atoms with Gasteiger partial charge in [-0.25, -0.2) is 0 Å². The molecule has 0 saturated heterocycles. The van der Waals surface area contributed by atoms with Crippen LogP contribution in [0.5, 0.6) is 0 Å². The molecular weight excluding hydrogens is 224 g/mol. The lowest BCUT2D eigenvalue weighted by molar-refractivity contribution is -0.129. The van der Waals surface area contributed by atoms with Crippen molar-refractivity contribution in [2.24, 2.45) is 10.8 Å². The summed E-state index contributed by atoms with van der Waals surface area (Å²) in [5.41, 5.74) is 2.61. The minimum absolute atomic E-state index is 0.0157. The first kappa shape index (κ1) is 15.2. The number of hydrogen-bond acceptors (Lipinski definition) is 2. The van der Waals surface area contributed by atoms with Gasteiger partial charge in [0.1, 0.15) is 0 Å². The Kier molecular flexibility index (Phi) is 3.97. The number of likely N-dealkylation sites (N-methyl/N-ethyl adjacent to an activating group) is 2. The maximum Gasteiger partial charge on any atom is 0.240 e. The summed E-state index contributed by atoms with van der Waals surface area (Å²) in [6, 6.07) is 0. The van der Waals surface area contributed by atoms with E-state index in [0.29, 0.717) is 6.54 Å². The third-order valence-electron chi connectivity index (χ3n) is 3.44. The van der Waals surface area contributed by atoms with E-state index in [1.165, 1.54) is 11.3 Å². The van der Waals surface area contributed by atoms with Gasteiger partial charge in [0.2, 0.25) is 5.91 Å². The van der Waals surface area contributed by atoms with Crippen molar-refractivity contribution in [1.29, 1.82) is 0 Å². The number of amides is 1. The molecule has 0 aromatic heterocycles. The van der Waals surface area contributed by atoms with E-state index in [0.717, 1.165) is 6.54 Å². The van der Waals surface area contributed by atoms with E-state index < -0.39 is 0 Å². The summed E-state index contributed by atoms with van der Waals surface area (Å²) >= 11 is 0. The average Bonchev–Trinajstić information content (AvgIpc) is 2.22. The molecule has 104 valence electrons. The molecule has 0 fully saturated rings. The standard InChI is InChI=1S/C15H28N2O/c1-14(2,3)11-9-16(7)10-12(18)17(8)13(11)15(4,5)6/h9-10H2,1-8H3. The van der Waals surface area contributed by atoms with E-state index in [4.69, 9.17) is 0 Å². The molecule has 0 spiro atoms. The number of rotatable bonds is 0. The molecule has 3 nitrogen and oxygen atoms in total. The second kappa shape index (κ2) is 4.69. The Hall–Kier alpha value is -0.830. The van der Waals surface area contributed by atoms with Crippen molar-refractivity contribution >= 4 is 5.91 Å². The normalized spacial score (nSPS) is 20.4. The van der Waals surface area contributed by atoms with Crippen LogP contribution in [0.4, 0.5) is 0 Å².